The third-order valence-corrected chi connectivity index (χ3v) is 4.56. The molecule has 0 amide bonds. The molecule has 0 fully saturated rings. The van der Waals surface area contributed by atoms with Crippen molar-refractivity contribution in [3.8, 4) is 5.69 Å². The fraction of sp³-hybridized carbons (Fsp3) is 0.231. The van der Waals surface area contributed by atoms with Crippen LogP contribution in [0.3, 0.4) is 0 Å². The molecular formula is C13H10BrN3O2. The van der Waals surface area contributed by atoms with Crippen LogP contribution in [0.25, 0.3) is 5.69 Å². The summed E-state index contributed by atoms with van der Waals surface area (Å²) in [6.45, 7) is 0. The summed E-state index contributed by atoms with van der Waals surface area (Å²) < 4.78 is 5.35. The van der Waals surface area contributed by atoms with Gasteiger partial charge >= 0.3 is 11.4 Å². The molecule has 2 unspecified atom stereocenters. The van der Waals surface area contributed by atoms with Gasteiger partial charge in [-0.25, -0.2) is 23.5 Å². The average Bonchev–Trinajstić information content (AvgIpc) is 3.02. The van der Waals surface area contributed by atoms with Crippen molar-refractivity contribution in [1.82, 2.24) is 13.9 Å². The first kappa shape index (κ1) is 11.0. The summed E-state index contributed by atoms with van der Waals surface area (Å²) in [6.07, 6.45) is 2.79. The Morgan fingerprint density at radius 3 is 2.47 bits per heavy atom. The summed E-state index contributed by atoms with van der Waals surface area (Å²) in [4.78, 5) is 24.9. The zero-order valence-electron chi connectivity index (χ0n) is 9.86. The van der Waals surface area contributed by atoms with Crippen LogP contribution in [0, 0.1) is 0 Å². The highest BCUT2D eigenvalue weighted by atomic mass is 79.9. The van der Waals surface area contributed by atoms with E-state index in [9.17, 15) is 9.59 Å². The second-order valence-corrected chi connectivity index (χ2v) is 5.71. The van der Waals surface area contributed by atoms with Gasteiger partial charge in [0.2, 0.25) is 0 Å². The predicted molar refractivity (Wildman–Crippen MR) is 74.0 cm³/mol. The zero-order valence-corrected chi connectivity index (χ0v) is 11.4. The molecule has 1 aromatic heterocycles. The Morgan fingerprint density at radius 2 is 1.74 bits per heavy atom. The minimum absolute atomic E-state index is 0.00969. The molecule has 1 aliphatic heterocycles. The Bertz CT molecular complexity index is 813. The lowest BCUT2D eigenvalue weighted by molar-refractivity contribution is 0.502. The lowest BCUT2D eigenvalue weighted by Crippen LogP contribution is -2.28. The van der Waals surface area contributed by atoms with Gasteiger partial charge in [0.15, 0.2) is 0 Å². The standard InChI is InChI=1S/C13H10BrN3O2/c14-10-6-9-7-11(10)17-13(19)15(12(18)16(9)17)8-4-2-1-3-5-8/h1-6,9,11H,7H2. The van der Waals surface area contributed by atoms with E-state index in [4.69, 9.17) is 0 Å². The van der Waals surface area contributed by atoms with Crippen molar-refractivity contribution >= 4 is 15.9 Å². The van der Waals surface area contributed by atoms with E-state index < -0.39 is 0 Å². The van der Waals surface area contributed by atoms with Crippen LogP contribution in [0.2, 0.25) is 0 Å². The SMILES string of the molecule is O=c1n(-c2ccccc2)c(=O)n2n1C1C=C(Br)C2C1. The molecule has 0 saturated carbocycles. The van der Waals surface area contributed by atoms with Crippen molar-refractivity contribution in [3.63, 3.8) is 0 Å². The molecule has 1 aromatic carbocycles. The summed E-state index contributed by atoms with van der Waals surface area (Å²) in [5.74, 6) is 0. The minimum atomic E-state index is -0.270. The minimum Gasteiger partial charge on any atom is -0.245 e. The second kappa shape index (κ2) is 3.60. The van der Waals surface area contributed by atoms with Crippen molar-refractivity contribution in [1.29, 1.82) is 0 Å². The van der Waals surface area contributed by atoms with Gasteiger partial charge in [-0.2, -0.15) is 0 Å². The maximum absolute atomic E-state index is 12.5. The molecular weight excluding hydrogens is 310 g/mol. The first-order valence-electron chi connectivity index (χ1n) is 6.07. The summed E-state index contributed by atoms with van der Waals surface area (Å²) in [6, 6.07) is 8.99. The maximum atomic E-state index is 12.5. The molecule has 96 valence electrons. The average molecular weight is 320 g/mol. The van der Waals surface area contributed by atoms with E-state index in [0.29, 0.717) is 5.69 Å². The molecule has 0 saturated heterocycles. The molecule has 2 aliphatic rings. The maximum Gasteiger partial charge on any atom is 0.352 e. The first-order chi connectivity index (χ1) is 9.18. The fourth-order valence-corrected chi connectivity index (χ4v) is 3.63. The van der Waals surface area contributed by atoms with Crippen molar-refractivity contribution in [2.75, 3.05) is 0 Å². The number of hydrogen-bond acceptors (Lipinski definition) is 2. The molecule has 2 heterocycles. The molecule has 19 heavy (non-hydrogen) atoms. The van der Waals surface area contributed by atoms with E-state index in [2.05, 4.69) is 15.9 Å². The Labute approximate surface area is 116 Å². The number of rotatable bonds is 1. The van der Waals surface area contributed by atoms with Gasteiger partial charge < -0.3 is 0 Å². The van der Waals surface area contributed by atoms with Crippen molar-refractivity contribution in [3.05, 3.63) is 61.9 Å². The highest BCUT2D eigenvalue weighted by molar-refractivity contribution is 9.11. The van der Waals surface area contributed by atoms with E-state index in [-0.39, 0.29) is 23.5 Å². The van der Waals surface area contributed by atoms with Gasteiger partial charge in [-0.1, -0.05) is 34.1 Å². The predicted octanol–water partition coefficient (Wildman–Crippen LogP) is 1.58. The largest absolute Gasteiger partial charge is 0.352 e. The van der Waals surface area contributed by atoms with Crippen molar-refractivity contribution in [2.24, 2.45) is 0 Å². The quantitative estimate of drug-likeness (QED) is 0.801. The Balaban J connectivity index is 2.03. The van der Waals surface area contributed by atoms with E-state index in [1.54, 1.807) is 21.5 Å². The summed E-state index contributed by atoms with van der Waals surface area (Å²) in [7, 11) is 0. The van der Waals surface area contributed by atoms with Crippen LogP contribution in [-0.4, -0.2) is 13.9 Å². The van der Waals surface area contributed by atoms with Crippen LogP contribution >= 0.6 is 15.9 Å². The van der Waals surface area contributed by atoms with Crippen molar-refractivity contribution < 1.29 is 0 Å². The van der Waals surface area contributed by atoms with Gasteiger partial charge in [-0.05, 0) is 18.2 Å². The summed E-state index contributed by atoms with van der Waals surface area (Å²) in [5, 5.41) is 0. The molecule has 0 radical (unpaired) electrons. The normalized spacial score (nSPS) is 23.5. The second-order valence-electron chi connectivity index (χ2n) is 4.80. The van der Waals surface area contributed by atoms with E-state index in [0.717, 1.165) is 10.9 Å². The molecule has 1 aliphatic carbocycles. The molecule has 5 nitrogen and oxygen atoms in total. The lowest BCUT2D eigenvalue weighted by Gasteiger charge is -2.11. The number of benzene rings is 1. The lowest BCUT2D eigenvalue weighted by atomic mass is 10.2. The third kappa shape index (κ3) is 1.29. The number of hydrogen-bond donors (Lipinski definition) is 0. The van der Waals surface area contributed by atoms with E-state index in [1.165, 1.54) is 4.57 Å². The first-order valence-corrected chi connectivity index (χ1v) is 6.86. The molecule has 0 spiro atoms. The van der Waals surface area contributed by atoms with Gasteiger partial charge in [-0.15, -0.1) is 0 Å². The summed E-state index contributed by atoms with van der Waals surface area (Å²) in [5.41, 5.74) is 0.0797. The number of aromatic nitrogens is 3. The number of fused-ring (bicyclic) bond motifs is 5. The topological polar surface area (TPSA) is 48.9 Å². The molecule has 2 atom stereocenters. The van der Waals surface area contributed by atoms with Crippen LogP contribution < -0.4 is 11.4 Å². The van der Waals surface area contributed by atoms with Gasteiger partial charge in [0.25, 0.3) is 0 Å². The van der Waals surface area contributed by atoms with Crippen LogP contribution in [0.15, 0.2) is 50.5 Å². The van der Waals surface area contributed by atoms with Crippen LogP contribution in [0.4, 0.5) is 0 Å². The molecule has 2 bridgehead atoms. The Morgan fingerprint density at radius 1 is 1.05 bits per heavy atom. The number of nitrogens with zero attached hydrogens (tertiary/aromatic N) is 3. The molecule has 2 aromatic rings. The van der Waals surface area contributed by atoms with Gasteiger partial charge in [0.1, 0.15) is 0 Å². The number of para-hydroxylation sites is 1. The highest BCUT2D eigenvalue weighted by Crippen LogP contribution is 2.44. The fourth-order valence-electron chi connectivity index (χ4n) is 2.95. The van der Waals surface area contributed by atoms with E-state index >= 15 is 0 Å². The third-order valence-electron chi connectivity index (χ3n) is 3.77. The van der Waals surface area contributed by atoms with Gasteiger partial charge in [0.05, 0.1) is 17.8 Å². The summed E-state index contributed by atoms with van der Waals surface area (Å²) >= 11 is 3.47. The smallest absolute Gasteiger partial charge is 0.245 e. The molecule has 6 heteroatoms. The van der Waals surface area contributed by atoms with Gasteiger partial charge in [-0.3, -0.25) is 0 Å². The molecule has 4 rings (SSSR count). The number of halogens is 1. The van der Waals surface area contributed by atoms with Crippen LogP contribution in [0.5, 0.6) is 0 Å². The monoisotopic (exact) mass is 319 g/mol. The van der Waals surface area contributed by atoms with Crippen LogP contribution in [0.1, 0.15) is 18.5 Å². The van der Waals surface area contributed by atoms with Crippen molar-refractivity contribution in [2.45, 2.75) is 18.5 Å². The zero-order chi connectivity index (χ0) is 13.1. The Kier molecular flexibility index (Phi) is 2.09. The Hall–Kier alpha value is -1.82. The van der Waals surface area contributed by atoms with E-state index in [1.807, 2.05) is 24.3 Å². The van der Waals surface area contributed by atoms with Crippen LogP contribution in [-0.2, 0) is 0 Å². The molecule has 0 N–H and O–H groups in total. The highest BCUT2D eigenvalue weighted by Gasteiger charge is 2.41. The number of allylic oxidation sites excluding steroid dienone is 2. The van der Waals surface area contributed by atoms with Gasteiger partial charge in [0, 0.05) is 10.9 Å².